The molecular formula is C71H138O17P2. The van der Waals surface area contributed by atoms with Crippen molar-refractivity contribution in [2.24, 2.45) is 17.8 Å². The van der Waals surface area contributed by atoms with Gasteiger partial charge in [0.25, 0.3) is 0 Å². The molecule has 0 saturated carbocycles. The molecule has 0 aromatic rings. The highest BCUT2D eigenvalue weighted by molar-refractivity contribution is 7.47. The molecule has 0 aliphatic carbocycles. The van der Waals surface area contributed by atoms with E-state index in [9.17, 15) is 43.2 Å². The monoisotopic (exact) mass is 1320 g/mol. The van der Waals surface area contributed by atoms with Gasteiger partial charge in [-0.15, -0.1) is 0 Å². The van der Waals surface area contributed by atoms with Gasteiger partial charge in [0.1, 0.15) is 19.3 Å². The lowest BCUT2D eigenvalue weighted by Crippen LogP contribution is -2.30. The average Bonchev–Trinajstić information content (AvgIpc) is 3.61. The van der Waals surface area contributed by atoms with Crippen LogP contribution in [-0.4, -0.2) is 96.7 Å². The van der Waals surface area contributed by atoms with Crippen molar-refractivity contribution in [1.29, 1.82) is 0 Å². The molecule has 0 rings (SSSR count). The van der Waals surface area contributed by atoms with E-state index < -0.39 is 97.5 Å². The van der Waals surface area contributed by atoms with E-state index in [1.807, 2.05) is 0 Å². The zero-order valence-electron chi connectivity index (χ0n) is 58.6. The number of hydrogen-bond acceptors (Lipinski definition) is 15. The van der Waals surface area contributed by atoms with E-state index in [1.54, 1.807) is 0 Å². The second-order valence-corrected chi connectivity index (χ2v) is 29.5. The summed E-state index contributed by atoms with van der Waals surface area (Å²) in [5.74, 6) is 0.183. The lowest BCUT2D eigenvalue weighted by molar-refractivity contribution is -0.161. The van der Waals surface area contributed by atoms with E-state index in [2.05, 4.69) is 48.5 Å². The minimum Gasteiger partial charge on any atom is -0.462 e. The van der Waals surface area contributed by atoms with Crippen LogP contribution in [0.15, 0.2) is 0 Å². The third kappa shape index (κ3) is 62.2. The van der Waals surface area contributed by atoms with Gasteiger partial charge in [0, 0.05) is 25.7 Å². The Morgan fingerprint density at radius 1 is 0.322 bits per heavy atom. The Hall–Kier alpha value is -1.94. The smallest absolute Gasteiger partial charge is 0.462 e. The highest BCUT2D eigenvalue weighted by Gasteiger charge is 2.30. The summed E-state index contributed by atoms with van der Waals surface area (Å²) in [5.41, 5.74) is 0. The van der Waals surface area contributed by atoms with Crippen LogP contribution >= 0.6 is 15.6 Å². The molecule has 0 aromatic heterocycles. The molecule has 0 aromatic carbocycles. The zero-order chi connectivity index (χ0) is 66.6. The van der Waals surface area contributed by atoms with Gasteiger partial charge < -0.3 is 33.8 Å². The van der Waals surface area contributed by atoms with E-state index >= 15 is 0 Å². The van der Waals surface area contributed by atoms with Crippen LogP contribution in [0, 0.1) is 17.8 Å². The maximum absolute atomic E-state index is 13.0. The molecule has 4 unspecified atom stereocenters. The Kier molecular flexibility index (Phi) is 60.6. The Bertz CT molecular complexity index is 1770. The van der Waals surface area contributed by atoms with Crippen molar-refractivity contribution in [2.45, 2.75) is 375 Å². The van der Waals surface area contributed by atoms with Crippen LogP contribution in [0.2, 0.25) is 0 Å². The van der Waals surface area contributed by atoms with Gasteiger partial charge >= 0.3 is 39.5 Å². The molecule has 0 radical (unpaired) electrons. The average molecular weight is 1330 g/mol. The Balaban J connectivity index is 5.12. The van der Waals surface area contributed by atoms with Gasteiger partial charge in [0.15, 0.2) is 12.2 Å². The van der Waals surface area contributed by atoms with Crippen LogP contribution in [0.3, 0.4) is 0 Å². The number of phosphoric acid groups is 2. The van der Waals surface area contributed by atoms with Gasteiger partial charge in [-0.05, 0) is 43.4 Å². The first kappa shape index (κ1) is 88.1. The number of ether oxygens (including phenoxy) is 4. The molecule has 90 heavy (non-hydrogen) atoms. The summed E-state index contributed by atoms with van der Waals surface area (Å²) in [6.07, 6.45) is 46.2. The van der Waals surface area contributed by atoms with Crippen molar-refractivity contribution < 1.29 is 80.2 Å². The number of carbonyl (C=O) groups excluding carboxylic acids is 4. The number of rotatable bonds is 69. The number of hydrogen-bond donors (Lipinski definition) is 3. The molecule has 19 heteroatoms. The van der Waals surface area contributed by atoms with Gasteiger partial charge in [-0.1, -0.05) is 305 Å². The molecule has 534 valence electrons. The topological polar surface area (TPSA) is 237 Å². The number of carbonyl (C=O) groups is 4. The normalized spacial score (nSPS) is 14.8. The summed E-state index contributed by atoms with van der Waals surface area (Å²) in [6, 6.07) is 0. The number of esters is 4. The van der Waals surface area contributed by atoms with Gasteiger partial charge in [-0.25, -0.2) is 9.13 Å². The Labute approximate surface area is 549 Å². The predicted octanol–water partition coefficient (Wildman–Crippen LogP) is 20.2. The van der Waals surface area contributed by atoms with Gasteiger partial charge in [0.05, 0.1) is 26.4 Å². The van der Waals surface area contributed by atoms with Crippen LogP contribution < -0.4 is 0 Å². The highest BCUT2D eigenvalue weighted by Crippen LogP contribution is 2.45. The van der Waals surface area contributed by atoms with Crippen molar-refractivity contribution in [3.63, 3.8) is 0 Å². The number of aliphatic hydroxyl groups excluding tert-OH is 1. The fourth-order valence-corrected chi connectivity index (χ4v) is 12.2. The molecule has 0 bridgehead atoms. The van der Waals surface area contributed by atoms with Crippen molar-refractivity contribution in [1.82, 2.24) is 0 Å². The molecule has 7 atom stereocenters. The molecule has 0 saturated heterocycles. The highest BCUT2D eigenvalue weighted by atomic mass is 31.2. The Morgan fingerprint density at radius 2 is 0.567 bits per heavy atom. The first-order valence-electron chi connectivity index (χ1n) is 36.9. The second-order valence-electron chi connectivity index (χ2n) is 26.6. The molecule has 0 amide bonds. The lowest BCUT2D eigenvalue weighted by Gasteiger charge is -2.21. The van der Waals surface area contributed by atoms with E-state index in [0.29, 0.717) is 25.7 Å². The number of phosphoric ester groups is 2. The summed E-state index contributed by atoms with van der Waals surface area (Å²) >= 11 is 0. The molecule has 0 spiro atoms. The van der Waals surface area contributed by atoms with Crippen molar-refractivity contribution in [2.75, 3.05) is 39.6 Å². The Morgan fingerprint density at radius 3 is 0.844 bits per heavy atom. The van der Waals surface area contributed by atoms with Crippen molar-refractivity contribution in [3.8, 4) is 0 Å². The number of unbranched alkanes of at least 4 members (excludes halogenated alkanes) is 35. The summed E-state index contributed by atoms with van der Waals surface area (Å²) in [7, 11) is -9.89. The van der Waals surface area contributed by atoms with Crippen molar-refractivity contribution >= 4 is 39.5 Å². The lowest BCUT2D eigenvalue weighted by atomic mass is 9.99. The zero-order valence-corrected chi connectivity index (χ0v) is 60.4. The number of aliphatic hydroxyl groups is 1. The third-order valence-electron chi connectivity index (χ3n) is 17.1. The van der Waals surface area contributed by atoms with Crippen molar-refractivity contribution in [3.05, 3.63) is 0 Å². The van der Waals surface area contributed by atoms with Crippen LogP contribution in [0.25, 0.3) is 0 Å². The van der Waals surface area contributed by atoms with E-state index in [1.165, 1.54) is 154 Å². The predicted molar refractivity (Wildman–Crippen MR) is 363 cm³/mol. The van der Waals surface area contributed by atoms with Gasteiger partial charge in [-0.2, -0.15) is 0 Å². The maximum atomic E-state index is 13.0. The first-order chi connectivity index (χ1) is 43.3. The van der Waals surface area contributed by atoms with E-state index in [4.69, 9.17) is 37.0 Å². The molecule has 0 aliphatic heterocycles. The fourth-order valence-electron chi connectivity index (χ4n) is 10.7. The second kappa shape index (κ2) is 61.9. The molecule has 17 nitrogen and oxygen atoms in total. The SMILES string of the molecule is CCCCCCCCCC(=O)OC[C@H](COP(=O)(O)OC[C@H](O)COP(=O)(O)OC[C@@H](COC(=O)CCCCCCCCCCC(C)C)OC(=O)CCCCCCCCCCCCCCCCCCCCC(C)CC)OC(=O)CCCCCCCCC(C)CC. The van der Waals surface area contributed by atoms with Crippen LogP contribution in [0.4, 0.5) is 0 Å². The largest absolute Gasteiger partial charge is 0.472 e. The minimum absolute atomic E-state index is 0.102. The molecular weight excluding hydrogens is 1190 g/mol. The van der Waals surface area contributed by atoms with Crippen LogP contribution in [-0.2, 0) is 65.4 Å². The van der Waals surface area contributed by atoms with Crippen LogP contribution in [0.5, 0.6) is 0 Å². The third-order valence-corrected chi connectivity index (χ3v) is 19.0. The molecule has 0 fully saturated rings. The van der Waals surface area contributed by atoms with Gasteiger partial charge in [-0.3, -0.25) is 37.3 Å². The first-order valence-corrected chi connectivity index (χ1v) is 39.9. The summed E-state index contributed by atoms with van der Waals surface area (Å²) in [6.45, 7) is 11.8. The summed E-state index contributed by atoms with van der Waals surface area (Å²) < 4.78 is 68.1. The summed E-state index contributed by atoms with van der Waals surface area (Å²) in [5, 5.41) is 10.6. The quantitative estimate of drug-likeness (QED) is 0.0222. The van der Waals surface area contributed by atoms with Crippen LogP contribution in [0.1, 0.15) is 357 Å². The van der Waals surface area contributed by atoms with E-state index in [0.717, 1.165) is 120 Å². The summed E-state index contributed by atoms with van der Waals surface area (Å²) in [4.78, 5) is 72.3. The van der Waals surface area contributed by atoms with E-state index in [-0.39, 0.29) is 25.7 Å². The minimum atomic E-state index is -4.95. The van der Waals surface area contributed by atoms with Gasteiger partial charge in [0.2, 0.25) is 0 Å². The molecule has 3 N–H and O–H groups in total. The maximum Gasteiger partial charge on any atom is 0.472 e. The standard InChI is InChI=1S/C71H138O17P2/c1-8-11-12-13-28-38-45-52-68(73)81-58-67(88-71(76)55-48-41-34-33-37-44-51-64(7)10-3)61-86-90(79,80)84-57-65(72)56-83-89(77,78)85-60-66(59-82-69(74)53-46-39-31-27-26-29-35-42-49-62(4)5)87-70(75)54-47-40-32-25-23-21-19-17-15-14-16-18-20-22-24-30-36-43-50-63(6)9-2/h62-67,72H,8-61H2,1-7H3,(H,77,78)(H,79,80)/t63?,64?,65-,66-,67-/m1/s1. The molecule has 0 aliphatic rings. The molecule has 0 heterocycles. The fraction of sp³-hybridized carbons (Fsp3) is 0.944.